The molecule has 0 saturated carbocycles. The van der Waals surface area contributed by atoms with Crippen molar-refractivity contribution < 1.29 is 28.8 Å². The maximum Gasteiger partial charge on any atom is 0.244 e. The van der Waals surface area contributed by atoms with Gasteiger partial charge in [-0.3, -0.25) is 4.79 Å². The molecule has 0 aliphatic carbocycles. The van der Waals surface area contributed by atoms with Crippen LogP contribution in [0.4, 0.5) is 0 Å². The van der Waals surface area contributed by atoms with Crippen molar-refractivity contribution in [2.45, 2.75) is 82.7 Å². The number of hydrogen-bond donors (Lipinski definition) is 2. The zero-order valence-electron chi connectivity index (χ0n) is 18.4. The molecule has 0 aromatic carbocycles. The third kappa shape index (κ3) is 7.32. The van der Waals surface area contributed by atoms with Gasteiger partial charge in [0.05, 0.1) is 49.3 Å². The van der Waals surface area contributed by atoms with Crippen LogP contribution in [-0.2, 0) is 23.7 Å². The van der Waals surface area contributed by atoms with Crippen molar-refractivity contribution in [2.75, 3.05) is 19.8 Å². The topological polar surface area (TPSA) is 89.5 Å². The van der Waals surface area contributed by atoms with Crippen LogP contribution >= 0.6 is 0 Å². The zero-order chi connectivity index (χ0) is 21.8. The van der Waals surface area contributed by atoms with Gasteiger partial charge in [-0.25, -0.2) is 0 Å². The van der Waals surface area contributed by atoms with E-state index in [1.807, 2.05) is 6.92 Å². The van der Waals surface area contributed by atoms with Crippen molar-refractivity contribution in [1.29, 1.82) is 0 Å². The predicted molar refractivity (Wildman–Crippen MR) is 113 cm³/mol. The number of amides is 1. The molecule has 0 bridgehead atoms. The lowest BCUT2D eigenvalue weighted by Gasteiger charge is -2.38. The van der Waals surface area contributed by atoms with Crippen LogP contribution in [0.3, 0.4) is 0 Å². The van der Waals surface area contributed by atoms with Crippen LogP contribution in [0.5, 0.6) is 0 Å². The van der Waals surface area contributed by atoms with Crippen LogP contribution in [-0.4, -0.2) is 66.6 Å². The Morgan fingerprint density at radius 1 is 1.27 bits per heavy atom. The maximum absolute atomic E-state index is 11.7. The van der Waals surface area contributed by atoms with Gasteiger partial charge >= 0.3 is 0 Å². The summed E-state index contributed by atoms with van der Waals surface area (Å²) in [6, 6.07) is -0.193. The second kappa shape index (κ2) is 9.75. The fourth-order valence-electron chi connectivity index (χ4n) is 3.98. The van der Waals surface area contributed by atoms with Crippen LogP contribution < -0.4 is 5.32 Å². The number of rotatable bonds is 7. The summed E-state index contributed by atoms with van der Waals surface area (Å²) in [5.74, 6) is -0.265. The summed E-state index contributed by atoms with van der Waals surface area (Å²) in [5, 5.41) is 12.0. The lowest BCUT2D eigenvalue weighted by molar-refractivity contribution is -0.187. The number of carbonyl (C=O) groups is 1. The molecule has 0 aromatic rings. The molecule has 3 fully saturated rings. The molecule has 3 rings (SSSR count). The average molecular weight is 422 g/mol. The fraction of sp³-hybridized carbons (Fsp3) is 0.696. The number of nitrogens with one attached hydrogen (secondary N) is 1. The van der Waals surface area contributed by atoms with Crippen molar-refractivity contribution >= 4 is 5.91 Å². The minimum atomic E-state index is -0.651. The summed E-state index contributed by atoms with van der Waals surface area (Å²) in [6.45, 7) is 9.52. The third-order valence-corrected chi connectivity index (χ3v) is 5.39. The van der Waals surface area contributed by atoms with Crippen LogP contribution in [0.15, 0.2) is 36.0 Å². The van der Waals surface area contributed by atoms with E-state index in [1.165, 1.54) is 12.2 Å². The van der Waals surface area contributed by atoms with Gasteiger partial charge in [-0.15, -0.1) is 0 Å². The van der Waals surface area contributed by atoms with E-state index in [0.717, 1.165) is 25.0 Å². The number of aliphatic hydroxyl groups excluding tert-OH is 1. The monoisotopic (exact) mass is 421 g/mol. The van der Waals surface area contributed by atoms with Crippen LogP contribution in [0.1, 0.15) is 47.0 Å². The third-order valence-electron chi connectivity index (χ3n) is 5.39. The van der Waals surface area contributed by atoms with Gasteiger partial charge in [0.15, 0.2) is 6.29 Å². The molecular formula is C23H35NO6. The Kier molecular flexibility index (Phi) is 7.52. The number of hydrogen-bond acceptors (Lipinski definition) is 6. The highest BCUT2D eigenvalue weighted by molar-refractivity contribution is 5.87. The number of allylic oxidation sites excluding steroid dienone is 2. The van der Waals surface area contributed by atoms with Gasteiger partial charge in [-0.05, 0) is 27.7 Å². The van der Waals surface area contributed by atoms with Crippen LogP contribution in [0, 0.1) is 0 Å². The fourth-order valence-corrected chi connectivity index (χ4v) is 3.98. The molecule has 1 amide bonds. The number of carbonyl (C=O) groups excluding carboxylic acids is 1. The molecule has 30 heavy (non-hydrogen) atoms. The van der Waals surface area contributed by atoms with E-state index in [0.29, 0.717) is 19.6 Å². The Morgan fingerprint density at radius 2 is 1.97 bits per heavy atom. The molecular weight excluding hydrogens is 386 g/mol. The first kappa shape index (κ1) is 23.2. The average Bonchev–Trinajstić information content (AvgIpc) is 3.40. The van der Waals surface area contributed by atoms with Crippen molar-refractivity contribution in [3.63, 3.8) is 0 Å². The van der Waals surface area contributed by atoms with E-state index < -0.39 is 6.10 Å². The summed E-state index contributed by atoms with van der Waals surface area (Å²) >= 11 is 0. The smallest absolute Gasteiger partial charge is 0.244 e. The van der Waals surface area contributed by atoms with Crippen molar-refractivity contribution in [3.8, 4) is 0 Å². The maximum atomic E-state index is 11.7. The highest BCUT2D eigenvalue weighted by atomic mass is 16.7. The Balaban J connectivity index is 1.39. The normalized spacial score (nSPS) is 35.1. The molecule has 3 aliphatic heterocycles. The Hall–Kier alpha value is -1.51. The SMILES string of the molecule is CC(/C=C/[C@@H]1C[C@]2(CO2)CC(C)(C)O1)=C\C[C@H]1OC[C@@H](NC(=O)/C=C\[C@H](C)O)CO1. The minimum absolute atomic E-state index is 0.0241. The molecule has 0 unspecified atom stereocenters. The Labute approximate surface area is 179 Å². The molecule has 168 valence electrons. The second-order valence-corrected chi connectivity index (χ2v) is 9.21. The highest BCUT2D eigenvalue weighted by Gasteiger charge is 2.53. The minimum Gasteiger partial charge on any atom is -0.389 e. The molecule has 3 atom stereocenters. The number of epoxide rings is 1. The molecule has 0 radical (unpaired) electrons. The summed E-state index contributed by atoms with van der Waals surface area (Å²) in [6.07, 6.45) is 10.6. The van der Waals surface area contributed by atoms with E-state index in [4.69, 9.17) is 24.1 Å². The number of aliphatic hydroxyl groups is 1. The van der Waals surface area contributed by atoms with Crippen LogP contribution in [0.25, 0.3) is 0 Å². The molecule has 0 aromatic heterocycles. The van der Waals surface area contributed by atoms with Gasteiger partial charge in [0.25, 0.3) is 0 Å². The van der Waals surface area contributed by atoms with E-state index in [-0.39, 0.29) is 35.5 Å². The molecule has 3 heterocycles. The van der Waals surface area contributed by atoms with Crippen molar-refractivity contribution in [3.05, 3.63) is 36.0 Å². The lowest BCUT2D eigenvalue weighted by atomic mass is 9.85. The zero-order valence-corrected chi connectivity index (χ0v) is 18.4. The number of ether oxygens (including phenoxy) is 4. The second-order valence-electron chi connectivity index (χ2n) is 9.21. The largest absolute Gasteiger partial charge is 0.389 e. The lowest BCUT2D eigenvalue weighted by Crippen LogP contribution is -2.46. The molecule has 1 spiro atoms. The van der Waals surface area contributed by atoms with E-state index in [2.05, 4.69) is 37.4 Å². The molecule has 7 heteroatoms. The van der Waals surface area contributed by atoms with Crippen molar-refractivity contribution in [2.24, 2.45) is 0 Å². The highest BCUT2D eigenvalue weighted by Crippen LogP contribution is 2.46. The summed E-state index contributed by atoms with van der Waals surface area (Å²) in [4.78, 5) is 11.7. The quantitative estimate of drug-likeness (QED) is 0.373. The summed E-state index contributed by atoms with van der Waals surface area (Å²) in [5.41, 5.74) is 0.984. The van der Waals surface area contributed by atoms with E-state index >= 15 is 0 Å². The van der Waals surface area contributed by atoms with Crippen molar-refractivity contribution in [1.82, 2.24) is 5.32 Å². The standard InChI is InChI=1S/C23H35NO6/c1-16(5-8-19-11-23(15-29-23)14-22(3,4)30-19)6-10-21-27-12-18(13-28-21)24-20(26)9-7-17(2)25/h5-9,17-19,21,25H,10-15H2,1-4H3,(H,24,26)/b8-5+,9-7-,16-6+/t17-,18-,19+,21+,23+/m0/s1. The van der Waals surface area contributed by atoms with Gasteiger partial charge in [0.1, 0.15) is 0 Å². The van der Waals surface area contributed by atoms with Gasteiger partial charge in [0.2, 0.25) is 5.91 Å². The molecule has 7 nitrogen and oxygen atoms in total. The first-order valence-electron chi connectivity index (χ1n) is 10.7. The van der Waals surface area contributed by atoms with E-state index in [9.17, 15) is 4.79 Å². The molecule has 3 aliphatic rings. The summed E-state index contributed by atoms with van der Waals surface area (Å²) < 4.78 is 23.3. The van der Waals surface area contributed by atoms with Gasteiger partial charge in [-0.2, -0.15) is 0 Å². The molecule has 3 saturated heterocycles. The van der Waals surface area contributed by atoms with Gasteiger partial charge in [-0.1, -0.05) is 29.9 Å². The van der Waals surface area contributed by atoms with Crippen LogP contribution in [0.2, 0.25) is 0 Å². The Morgan fingerprint density at radius 3 is 2.60 bits per heavy atom. The summed E-state index contributed by atoms with van der Waals surface area (Å²) in [7, 11) is 0. The Bertz CT molecular complexity index is 678. The first-order valence-corrected chi connectivity index (χ1v) is 10.7. The predicted octanol–water partition coefficient (Wildman–Crippen LogP) is 2.40. The first-order chi connectivity index (χ1) is 14.1. The van der Waals surface area contributed by atoms with Gasteiger partial charge < -0.3 is 29.4 Å². The van der Waals surface area contributed by atoms with Gasteiger partial charge in [0, 0.05) is 25.3 Å². The molecule has 2 N–H and O–H groups in total. The van der Waals surface area contributed by atoms with E-state index in [1.54, 1.807) is 6.92 Å².